The van der Waals surface area contributed by atoms with Gasteiger partial charge in [0.2, 0.25) is 5.91 Å². The molecule has 108 valence electrons. The molecule has 0 aromatic rings. The van der Waals surface area contributed by atoms with E-state index in [0.717, 1.165) is 37.0 Å². The van der Waals surface area contributed by atoms with Crippen molar-refractivity contribution in [1.82, 2.24) is 5.32 Å². The van der Waals surface area contributed by atoms with Crippen molar-refractivity contribution >= 4 is 5.91 Å². The second kappa shape index (κ2) is 5.06. The lowest BCUT2D eigenvalue weighted by Crippen LogP contribution is -2.54. The topological polar surface area (TPSA) is 47.6 Å². The third kappa shape index (κ3) is 2.40. The summed E-state index contributed by atoms with van der Waals surface area (Å²) in [6.45, 7) is 0.452. The van der Waals surface area contributed by atoms with Crippen molar-refractivity contribution in [1.29, 1.82) is 0 Å². The fourth-order valence-corrected chi connectivity index (χ4v) is 5.02. The molecule has 19 heavy (non-hydrogen) atoms. The number of carbonyl (C=O) groups is 1. The first kappa shape index (κ1) is 13.4. The lowest BCUT2D eigenvalue weighted by atomic mass is 9.49. The zero-order chi connectivity index (χ0) is 13.5. The molecule has 4 rings (SSSR count). The summed E-state index contributed by atoms with van der Waals surface area (Å²) in [5.41, 5.74) is -0.0687. The zero-order valence-corrected chi connectivity index (χ0v) is 12.0. The van der Waals surface area contributed by atoms with Crippen molar-refractivity contribution < 1.29 is 14.3 Å². The van der Waals surface area contributed by atoms with Crippen LogP contribution in [0.4, 0.5) is 0 Å². The Balaban J connectivity index is 1.63. The molecule has 0 unspecified atom stereocenters. The van der Waals surface area contributed by atoms with Crippen LogP contribution in [0, 0.1) is 23.2 Å². The van der Waals surface area contributed by atoms with E-state index in [2.05, 4.69) is 5.32 Å². The molecule has 4 heteroatoms. The summed E-state index contributed by atoms with van der Waals surface area (Å²) in [6, 6.07) is 0. The molecule has 0 spiro atoms. The van der Waals surface area contributed by atoms with E-state index in [1.54, 1.807) is 14.2 Å². The smallest absolute Gasteiger partial charge is 0.226 e. The number of hydrogen-bond donors (Lipinski definition) is 1. The van der Waals surface area contributed by atoms with Gasteiger partial charge in [0, 0.05) is 19.6 Å². The number of rotatable bonds is 5. The zero-order valence-electron chi connectivity index (χ0n) is 12.0. The fraction of sp³-hybridized carbons (Fsp3) is 0.933. The van der Waals surface area contributed by atoms with Crippen LogP contribution in [-0.2, 0) is 14.3 Å². The summed E-state index contributed by atoms with van der Waals surface area (Å²) >= 11 is 0. The molecule has 4 nitrogen and oxygen atoms in total. The first-order chi connectivity index (χ1) is 9.15. The van der Waals surface area contributed by atoms with Crippen LogP contribution in [0.3, 0.4) is 0 Å². The summed E-state index contributed by atoms with van der Waals surface area (Å²) in [4.78, 5) is 12.6. The molecule has 4 aliphatic carbocycles. The number of nitrogens with one attached hydrogen (secondary N) is 1. The van der Waals surface area contributed by atoms with E-state index in [1.807, 2.05) is 0 Å². The molecule has 4 bridgehead atoms. The van der Waals surface area contributed by atoms with E-state index in [9.17, 15) is 4.79 Å². The number of methoxy groups -OCH3 is 2. The highest BCUT2D eigenvalue weighted by Gasteiger charge is 2.54. The highest BCUT2D eigenvalue weighted by molar-refractivity contribution is 5.83. The van der Waals surface area contributed by atoms with Crippen LogP contribution in [-0.4, -0.2) is 33.0 Å². The van der Waals surface area contributed by atoms with Crippen LogP contribution < -0.4 is 5.32 Å². The first-order valence-corrected chi connectivity index (χ1v) is 7.49. The number of hydrogen-bond acceptors (Lipinski definition) is 3. The minimum absolute atomic E-state index is 0.0687. The number of carbonyl (C=O) groups excluding carboxylic acids is 1. The average Bonchev–Trinajstić information content (AvgIpc) is 2.38. The van der Waals surface area contributed by atoms with E-state index >= 15 is 0 Å². The van der Waals surface area contributed by atoms with Gasteiger partial charge >= 0.3 is 0 Å². The molecule has 1 N–H and O–H groups in total. The van der Waals surface area contributed by atoms with Gasteiger partial charge in [-0.15, -0.1) is 0 Å². The van der Waals surface area contributed by atoms with Gasteiger partial charge in [-0.3, -0.25) is 4.79 Å². The highest BCUT2D eigenvalue weighted by atomic mass is 16.7. The van der Waals surface area contributed by atoms with Gasteiger partial charge in [-0.05, 0) is 56.3 Å². The van der Waals surface area contributed by atoms with Gasteiger partial charge in [-0.25, -0.2) is 0 Å². The fourth-order valence-electron chi connectivity index (χ4n) is 5.02. The first-order valence-electron chi connectivity index (χ1n) is 7.49. The van der Waals surface area contributed by atoms with Crippen molar-refractivity contribution in [2.75, 3.05) is 20.8 Å². The van der Waals surface area contributed by atoms with Crippen molar-refractivity contribution in [3.63, 3.8) is 0 Å². The predicted octanol–water partition coefficient (Wildman–Crippen LogP) is 1.94. The summed E-state index contributed by atoms with van der Waals surface area (Å²) in [7, 11) is 3.20. The Morgan fingerprint density at radius 1 is 1.11 bits per heavy atom. The van der Waals surface area contributed by atoms with Gasteiger partial charge in [0.05, 0.1) is 6.54 Å². The van der Waals surface area contributed by atoms with Crippen molar-refractivity contribution in [2.24, 2.45) is 23.2 Å². The molecule has 1 amide bonds. The van der Waals surface area contributed by atoms with Crippen LogP contribution in [0.15, 0.2) is 0 Å². The summed E-state index contributed by atoms with van der Waals surface area (Å²) in [5, 5.41) is 3.05. The second-order valence-electron chi connectivity index (χ2n) is 6.81. The van der Waals surface area contributed by atoms with Crippen molar-refractivity contribution in [3.05, 3.63) is 0 Å². The van der Waals surface area contributed by atoms with E-state index in [0.29, 0.717) is 6.54 Å². The van der Waals surface area contributed by atoms with Gasteiger partial charge in [-0.1, -0.05) is 0 Å². The minimum Gasteiger partial charge on any atom is -0.354 e. The summed E-state index contributed by atoms with van der Waals surface area (Å²) < 4.78 is 10.3. The monoisotopic (exact) mass is 267 g/mol. The second-order valence-corrected chi connectivity index (χ2v) is 6.81. The van der Waals surface area contributed by atoms with E-state index in [1.165, 1.54) is 19.3 Å². The molecular weight excluding hydrogens is 242 g/mol. The quantitative estimate of drug-likeness (QED) is 0.774. The Morgan fingerprint density at radius 3 is 2.00 bits per heavy atom. The van der Waals surface area contributed by atoms with Gasteiger partial charge in [0.1, 0.15) is 0 Å². The molecule has 0 saturated heterocycles. The predicted molar refractivity (Wildman–Crippen MR) is 71.4 cm³/mol. The van der Waals surface area contributed by atoms with Gasteiger partial charge in [-0.2, -0.15) is 0 Å². The summed E-state index contributed by atoms with van der Waals surface area (Å²) in [5.74, 6) is 2.65. The van der Waals surface area contributed by atoms with E-state index < -0.39 is 0 Å². The van der Waals surface area contributed by atoms with Crippen molar-refractivity contribution in [3.8, 4) is 0 Å². The maximum absolute atomic E-state index is 12.6. The Kier molecular flexibility index (Phi) is 3.56. The van der Waals surface area contributed by atoms with Gasteiger partial charge in [0.25, 0.3) is 0 Å². The molecule has 0 radical (unpaired) electrons. The van der Waals surface area contributed by atoms with Crippen molar-refractivity contribution in [2.45, 2.75) is 44.8 Å². The van der Waals surface area contributed by atoms with Crippen LogP contribution >= 0.6 is 0 Å². The average molecular weight is 267 g/mol. The number of ether oxygens (including phenoxy) is 2. The molecular formula is C15H25NO3. The van der Waals surface area contributed by atoms with Gasteiger partial charge in [0.15, 0.2) is 6.29 Å². The molecule has 0 aromatic carbocycles. The maximum atomic E-state index is 12.6. The normalized spacial score (nSPS) is 39.8. The SMILES string of the molecule is COC(CNC(=O)C12CC3CC(CC(C3)C1)C2)OC. The minimum atomic E-state index is -0.335. The van der Waals surface area contributed by atoms with Crippen LogP contribution in [0.1, 0.15) is 38.5 Å². The van der Waals surface area contributed by atoms with Crippen LogP contribution in [0.2, 0.25) is 0 Å². The Labute approximate surface area is 115 Å². The lowest BCUT2D eigenvalue weighted by Gasteiger charge is -2.55. The Bertz CT molecular complexity index is 316. The third-order valence-corrected chi connectivity index (χ3v) is 5.47. The molecule has 0 aliphatic heterocycles. The molecule has 4 saturated carbocycles. The molecule has 0 aromatic heterocycles. The number of amides is 1. The molecule has 4 fully saturated rings. The third-order valence-electron chi connectivity index (χ3n) is 5.47. The van der Waals surface area contributed by atoms with E-state index in [4.69, 9.17) is 9.47 Å². The highest BCUT2D eigenvalue weighted by Crippen LogP contribution is 2.60. The molecule has 0 heterocycles. The van der Waals surface area contributed by atoms with E-state index in [-0.39, 0.29) is 17.6 Å². The molecule has 4 aliphatic rings. The van der Waals surface area contributed by atoms with Gasteiger partial charge < -0.3 is 14.8 Å². The largest absolute Gasteiger partial charge is 0.354 e. The maximum Gasteiger partial charge on any atom is 0.226 e. The lowest BCUT2D eigenvalue weighted by molar-refractivity contribution is -0.150. The van der Waals surface area contributed by atoms with Crippen LogP contribution in [0.25, 0.3) is 0 Å². The molecule has 0 atom stereocenters. The Hall–Kier alpha value is -0.610. The standard InChI is InChI=1S/C15H25NO3/c1-18-13(19-2)9-16-14(17)15-6-10-3-11(7-15)5-12(4-10)8-15/h10-13H,3-9H2,1-2H3,(H,16,17). The van der Waals surface area contributed by atoms with Crippen LogP contribution in [0.5, 0.6) is 0 Å². The Morgan fingerprint density at radius 2 is 1.58 bits per heavy atom. The summed E-state index contributed by atoms with van der Waals surface area (Å²) in [6.07, 6.45) is 7.08.